The molecule has 1 heterocycles. The van der Waals surface area contributed by atoms with E-state index < -0.39 is 11.7 Å². The monoisotopic (exact) mass is 318 g/mol. The smallest absolute Gasteiger partial charge is 0.257 e. The number of hydrogen-bond acceptors (Lipinski definition) is 2. The van der Waals surface area contributed by atoms with E-state index in [9.17, 15) is 14.0 Å². The van der Waals surface area contributed by atoms with Gasteiger partial charge in [0.15, 0.2) is 0 Å². The second kappa shape index (κ2) is 5.77. The Balaban J connectivity index is 2.24. The average molecular weight is 319 g/mol. The van der Waals surface area contributed by atoms with Crippen LogP contribution in [0, 0.1) is 5.82 Å². The quantitative estimate of drug-likeness (QED) is 0.859. The number of rotatable bonds is 2. The van der Waals surface area contributed by atoms with E-state index in [1.54, 1.807) is 24.3 Å². The molecule has 0 bridgehead atoms. The molecule has 1 aliphatic rings. The molecule has 3 rings (SSSR count). The number of nitrogens with zero attached hydrogens (tertiary/aromatic N) is 1. The van der Waals surface area contributed by atoms with Crippen molar-refractivity contribution in [1.29, 1.82) is 0 Å². The van der Waals surface area contributed by atoms with Crippen LogP contribution in [-0.4, -0.2) is 17.7 Å². The molecule has 4 nitrogen and oxygen atoms in total. The second-order valence-electron chi connectivity index (χ2n) is 4.80. The molecule has 1 N–H and O–H groups in total. The van der Waals surface area contributed by atoms with Crippen LogP contribution in [0.3, 0.4) is 0 Å². The van der Waals surface area contributed by atoms with Gasteiger partial charge in [-0.2, -0.15) is 0 Å². The zero-order valence-corrected chi connectivity index (χ0v) is 12.2. The first-order valence-electron chi connectivity index (χ1n) is 6.70. The van der Waals surface area contributed by atoms with Crippen LogP contribution in [0.2, 0.25) is 0 Å². The van der Waals surface area contributed by atoms with Crippen molar-refractivity contribution < 1.29 is 14.0 Å². The van der Waals surface area contributed by atoms with Crippen LogP contribution in [0.25, 0.3) is 0 Å². The zero-order valence-electron chi connectivity index (χ0n) is 11.5. The highest BCUT2D eigenvalue weighted by Crippen LogP contribution is 2.38. The first-order valence-corrected chi connectivity index (χ1v) is 7.24. The third kappa shape index (κ3) is 2.44. The molecule has 2 aromatic carbocycles. The summed E-state index contributed by atoms with van der Waals surface area (Å²) in [6.45, 7) is 0. The van der Waals surface area contributed by atoms with Gasteiger partial charge in [0.1, 0.15) is 5.82 Å². The van der Waals surface area contributed by atoms with Gasteiger partial charge in [-0.05, 0) is 30.3 Å². The van der Waals surface area contributed by atoms with Crippen molar-refractivity contribution in [1.82, 2.24) is 0 Å². The van der Waals surface area contributed by atoms with Gasteiger partial charge in [0, 0.05) is 12.3 Å². The fraction of sp³-hybridized carbons (Fsp3) is 0.125. The number of carbonyl (C=O) groups excluding carboxylic acids is 2. The molecule has 0 atom stereocenters. The van der Waals surface area contributed by atoms with Gasteiger partial charge in [-0.1, -0.05) is 12.1 Å². The lowest BCUT2D eigenvalue weighted by molar-refractivity contribution is -0.117. The Kier molecular flexibility index (Phi) is 3.81. The van der Waals surface area contributed by atoms with Crippen LogP contribution in [-0.2, 0) is 4.79 Å². The molecule has 0 unspecified atom stereocenters. The number of fused-ring (bicyclic) bond motifs is 2. The summed E-state index contributed by atoms with van der Waals surface area (Å²) in [5, 5.41) is 2.70. The number of para-hydroxylation sites is 2. The molecule has 0 fully saturated rings. The SMILES string of the molecule is O=C1Nc2ccccc2N(C(=O)CCCl)c2ccc(F)cc21. The Labute approximate surface area is 131 Å². The number of anilines is 3. The van der Waals surface area contributed by atoms with Gasteiger partial charge in [0.25, 0.3) is 5.91 Å². The van der Waals surface area contributed by atoms with Crippen molar-refractivity contribution in [3.05, 3.63) is 53.8 Å². The van der Waals surface area contributed by atoms with Gasteiger partial charge < -0.3 is 5.32 Å². The van der Waals surface area contributed by atoms with Crippen molar-refractivity contribution >= 4 is 40.5 Å². The van der Waals surface area contributed by atoms with E-state index in [2.05, 4.69) is 5.32 Å². The molecule has 6 heteroatoms. The molecule has 112 valence electrons. The highest BCUT2D eigenvalue weighted by atomic mass is 35.5. The van der Waals surface area contributed by atoms with E-state index >= 15 is 0 Å². The number of alkyl halides is 1. The molecule has 1 aliphatic heterocycles. The van der Waals surface area contributed by atoms with E-state index in [0.29, 0.717) is 17.1 Å². The fourth-order valence-corrected chi connectivity index (χ4v) is 2.60. The molecule has 0 saturated heterocycles. The zero-order chi connectivity index (χ0) is 15.7. The molecule has 0 saturated carbocycles. The van der Waals surface area contributed by atoms with Crippen molar-refractivity contribution in [3.8, 4) is 0 Å². The number of carbonyl (C=O) groups is 2. The molecule has 0 spiro atoms. The van der Waals surface area contributed by atoms with E-state index in [4.69, 9.17) is 11.6 Å². The van der Waals surface area contributed by atoms with Gasteiger partial charge >= 0.3 is 0 Å². The predicted octanol–water partition coefficient (Wildman–Crippen LogP) is 3.69. The molecule has 2 aromatic rings. The molecule has 0 aromatic heterocycles. The van der Waals surface area contributed by atoms with Crippen molar-refractivity contribution in [2.75, 3.05) is 16.1 Å². The summed E-state index contributed by atoms with van der Waals surface area (Å²) in [6.07, 6.45) is 0.112. The number of amides is 2. The van der Waals surface area contributed by atoms with E-state index in [1.807, 2.05) is 0 Å². The maximum atomic E-state index is 13.5. The molecule has 0 radical (unpaired) electrons. The lowest BCUT2D eigenvalue weighted by Gasteiger charge is -2.23. The minimum Gasteiger partial charge on any atom is -0.320 e. The maximum absolute atomic E-state index is 13.5. The summed E-state index contributed by atoms with van der Waals surface area (Å²) in [5.41, 5.74) is 1.49. The molecule has 22 heavy (non-hydrogen) atoms. The van der Waals surface area contributed by atoms with Gasteiger partial charge in [0.2, 0.25) is 5.91 Å². The van der Waals surface area contributed by atoms with Crippen molar-refractivity contribution in [2.45, 2.75) is 6.42 Å². The molecular weight excluding hydrogens is 307 g/mol. The Bertz CT molecular complexity index is 764. The van der Waals surface area contributed by atoms with Crippen LogP contribution in [0.4, 0.5) is 21.5 Å². The Morgan fingerprint density at radius 1 is 1.18 bits per heavy atom. The first-order chi connectivity index (χ1) is 10.6. The lowest BCUT2D eigenvalue weighted by atomic mass is 10.1. The Morgan fingerprint density at radius 2 is 1.95 bits per heavy atom. The highest BCUT2D eigenvalue weighted by Gasteiger charge is 2.29. The summed E-state index contributed by atoms with van der Waals surface area (Å²) in [6, 6.07) is 10.7. The van der Waals surface area contributed by atoms with Crippen LogP contribution in [0.5, 0.6) is 0 Å². The van der Waals surface area contributed by atoms with Gasteiger partial charge in [-0.3, -0.25) is 14.5 Å². The summed E-state index contributed by atoms with van der Waals surface area (Å²) in [4.78, 5) is 26.2. The lowest BCUT2D eigenvalue weighted by Crippen LogP contribution is -2.26. The Hall–Kier alpha value is -2.40. The predicted molar refractivity (Wildman–Crippen MR) is 83.3 cm³/mol. The molecule has 2 amide bonds. The highest BCUT2D eigenvalue weighted by molar-refractivity contribution is 6.21. The van der Waals surface area contributed by atoms with Crippen LogP contribution in [0.1, 0.15) is 16.8 Å². The number of benzene rings is 2. The third-order valence-electron chi connectivity index (χ3n) is 3.40. The molecular formula is C16H12ClFN2O2. The summed E-state index contributed by atoms with van der Waals surface area (Å²) in [7, 11) is 0. The topological polar surface area (TPSA) is 49.4 Å². The third-order valence-corrected chi connectivity index (χ3v) is 3.58. The largest absolute Gasteiger partial charge is 0.320 e. The van der Waals surface area contributed by atoms with Gasteiger partial charge in [0.05, 0.1) is 22.6 Å². The number of halogens is 2. The van der Waals surface area contributed by atoms with E-state index in [0.717, 1.165) is 6.07 Å². The number of nitrogens with one attached hydrogen (secondary N) is 1. The van der Waals surface area contributed by atoms with Crippen LogP contribution < -0.4 is 10.2 Å². The normalized spacial score (nSPS) is 13.0. The van der Waals surface area contributed by atoms with Gasteiger partial charge in [-0.25, -0.2) is 4.39 Å². The average Bonchev–Trinajstić information content (AvgIpc) is 2.62. The molecule has 0 aliphatic carbocycles. The van der Waals surface area contributed by atoms with Crippen molar-refractivity contribution in [2.24, 2.45) is 0 Å². The standard InChI is InChI=1S/C16H12ClFN2O2/c17-8-7-15(21)20-13-6-5-10(18)9-11(13)16(22)19-12-3-1-2-4-14(12)20/h1-6,9H,7-8H2,(H,19,22). The van der Waals surface area contributed by atoms with Crippen LogP contribution in [0.15, 0.2) is 42.5 Å². The fourth-order valence-electron chi connectivity index (χ4n) is 2.44. The summed E-state index contributed by atoms with van der Waals surface area (Å²) in [5.74, 6) is -1.09. The summed E-state index contributed by atoms with van der Waals surface area (Å²) < 4.78 is 13.5. The Morgan fingerprint density at radius 3 is 2.73 bits per heavy atom. The minimum atomic E-state index is -0.537. The van der Waals surface area contributed by atoms with Crippen molar-refractivity contribution in [3.63, 3.8) is 0 Å². The number of hydrogen-bond donors (Lipinski definition) is 1. The van der Waals surface area contributed by atoms with Crippen LogP contribution >= 0.6 is 11.6 Å². The second-order valence-corrected chi connectivity index (χ2v) is 5.18. The van der Waals surface area contributed by atoms with E-state index in [1.165, 1.54) is 17.0 Å². The minimum absolute atomic E-state index is 0.110. The van der Waals surface area contributed by atoms with Gasteiger partial charge in [-0.15, -0.1) is 11.6 Å². The summed E-state index contributed by atoms with van der Waals surface area (Å²) >= 11 is 5.67. The first kappa shape index (κ1) is 14.5. The van der Waals surface area contributed by atoms with E-state index in [-0.39, 0.29) is 23.8 Å². The maximum Gasteiger partial charge on any atom is 0.257 e.